The van der Waals surface area contributed by atoms with Crippen molar-refractivity contribution in [2.45, 2.75) is 58.0 Å². The number of carbonyl (C=O) groups is 4. The van der Waals surface area contributed by atoms with Crippen molar-refractivity contribution >= 4 is 23.8 Å². The lowest BCUT2D eigenvalue weighted by Gasteiger charge is -2.37. The minimum absolute atomic E-state index is 0.0454. The molecule has 0 saturated carbocycles. The topological polar surface area (TPSA) is 113 Å². The number of likely N-dealkylation sites (tertiary alicyclic amines) is 1. The van der Waals surface area contributed by atoms with E-state index in [0.717, 1.165) is 4.90 Å². The Hall–Kier alpha value is -2.12. The Morgan fingerprint density at radius 1 is 1.25 bits per heavy atom. The Balaban J connectivity index is 2.10. The summed E-state index contributed by atoms with van der Waals surface area (Å²) >= 11 is 0. The van der Waals surface area contributed by atoms with E-state index in [1.807, 2.05) is 20.8 Å². The maximum Gasteiger partial charge on any atom is 0.325 e. The maximum absolute atomic E-state index is 12.6. The first-order valence-corrected chi connectivity index (χ1v) is 8.48. The molecular weight excluding hydrogens is 312 g/mol. The molecule has 8 nitrogen and oxygen atoms in total. The molecule has 8 heteroatoms. The molecule has 2 aliphatic heterocycles. The van der Waals surface area contributed by atoms with Crippen LogP contribution in [0.3, 0.4) is 0 Å². The Kier molecular flexibility index (Phi) is 5.15. The molecule has 0 bridgehead atoms. The second kappa shape index (κ2) is 6.78. The fourth-order valence-corrected chi connectivity index (χ4v) is 3.46. The third kappa shape index (κ3) is 3.09. The van der Waals surface area contributed by atoms with E-state index in [2.05, 4.69) is 5.32 Å². The SMILES string of the molecule is CCC1(CC)NC(=O)N(CC(=O)N2C[C@H](C(N)=O)CC[C@H]2C)C1=O. The summed E-state index contributed by atoms with van der Waals surface area (Å²) in [5.41, 5.74) is 4.43. The molecule has 5 amide bonds. The van der Waals surface area contributed by atoms with Gasteiger partial charge in [-0.3, -0.25) is 19.3 Å². The second-order valence-corrected chi connectivity index (χ2v) is 6.68. The van der Waals surface area contributed by atoms with Crippen molar-refractivity contribution in [2.24, 2.45) is 11.7 Å². The van der Waals surface area contributed by atoms with Gasteiger partial charge < -0.3 is 16.0 Å². The fraction of sp³-hybridized carbons (Fsp3) is 0.750. The van der Waals surface area contributed by atoms with Gasteiger partial charge in [-0.25, -0.2) is 4.79 Å². The van der Waals surface area contributed by atoms with E-state index >= 15 is 0 Å². The van der Waals surface area contributed by atoms with Gasteiger partial charge in [0.15, 0.2) is 0 Å². The summed E-state index contributed by atoms with van der Waals surface area (Å²) in [5, 5.41) is 2.71. The van der Waals surface area contributed by atoms with Gasteiger partial charge in [-0.05, 0) is 32.6 Å². The number of primary amides is 1. The first-order chi connectivity index (χ1) is 11.3. The largest absolute Gasteiger partial charge is 0.369 e. The first kappa shape index (κ1) is 18.2. The molecule has 2 rings (SSSR count). The number of hydrogen-bond donors (Lipinski definition) is 2. The zero-order valence-corrected chi connectivity index (χ0v) is 14.5. The number of nitrogens with zero attached hydrogens (tertiary/aromatic N) is 2. The van der Waals surface area contributed by atoms with Crippen LogP contribution in [0.2, 0.25) is 0 Å². The lowest BCUT2D eigenvalue weighted by molar-refractivity contribution is -0.142. The van der Waals surface area contributed by atoms with Gasteiger partial charge in [-0.15, -0.1) is 0 Å². The zero-order chi connectivity index (χ0) is 18.1. The number of amides is 5. The Morgan fingerprint density at radius 3 is 2.38 bits per heavy atom. The molecule has 2 saturated heterocycles. The summed E-state index contributed by atoms with van der Waals surface area (Å²) in [6.07, 6.45) is 2.27. The Labute approximate surface area is 141 Å². The van der Waals surface area contributed by atoms with E-state index in [-0.39, 0.29) is 36.9 Å². The van der Waals surface area contributed by atoms with Crippen LogP contribution in [-0.4, -0.2) is 58.2 Å². The zero-order valence-electron chi connectivity index (χ0n) is 14.5. The Morgan fingerprint density at radius 2 is 1.88 bits per heavy atom. The molecule has 0 radical (unpaired) electrons. The van der Waals surface area contributed by atoms with Crippen LogP contribution in [0, 0.1) is 5.92 Å². The molecule has 2 aliphatic rings. The minimum atomic E-state index is -0.916. The van der Waals surface area contributed by atoms with Gasteiger partial charge in [0.05, 0.1) is 5.92 Å². The lowest BCUT2D eigenvalue weighted by Crippen LogP contribution is -2.52. The van der Waals surface area contributed by atoms with E-state index in [1.165, 1.54) is 0 Å². The Bertz CT molecular complexity index is 558. The molecule has 2 atom stereocenters. The van der Waals surface area contributed by atoms with E-state index in [4.69, 9.17) is 5.73 Å². The minimum Gasteiger partial charge on any atom is -0.369 e. The van der Waals surface area contributed by atoms with Gasteiger partial charge in [0.1, 0.15) is 12.1 Å². The van der Waals surface area contributed by atoms with Gasteiger partial charge in [-0.1, -0.05) is 13.8 Å². The summed E-state index contributed by atoms with van der Waals surface area (Å²) in [5.74, 6) is -1.49. The first-order valence-electron chi connectivity index (χ1n) is 8.48. The predicted molar refractivity (Wildman–Crippen MR) is 86.7 cm³/mol. The number of imide groups is 1. The van der Waals surface area contributed by atoms with Crippen molar-refractivity contribution in [1.29, 1.82) is 0 Å². The highest BCUT2D eigenvalue weighted by molar-refractivity contribution is 6.09. The molecule has 0 aromatic heterocycles. The molecule has 2 heterocycles. The molecule has 0 aromatic carbocycles. The van der Waals surface area contributed by atoms with Crippen molar-refractivity contribution in [2.75, 3.05) is 13.1 Å². The molecule has 134 valence electrons. The summed E-state index contributed by atoms with van der Waals surface area (Å²) in [7, 11) is 0. The van der Waals surface area contributed by atoms with Crippen LogP contribution < -0.4 is 11.1 Å². The van der Waals surface area contributed by atoms with E-state index in [9.17, 15) is 19.2 Å². The van der Waals surface area contributed by atoms with Crippen LogP contribution in [0.15, 0.2) is 0 Å². The molecule has 2 fully saturated rings. The van der Waals surface area contributed by atoms with E-state index < -0.39 is 17.5 Å². The average molecular weight is 338 g/mol. The number of nitrogens with one attached hydrogen (secondary N) is 1. The predicted octanol–water partition coefficient (Wildman–Crippen LogP) is 0.209. The van der Waals surface area contributed by atoms with Crippen molar-refractivity contribution in [3.8, 4) is 0 Å². The number of rotatable bonds is 5. The number of hydrogen-bond acceptors (Lipinski definition) is 4. The van der Waals surface area contributed by atoms with Crippen molar-refractivity contribution in [1.82, 2.24) is 15.1 Å². The lowest BCUT2D eigenvalue weighted by atomic mass is 9.92. The van der Waals surface area contributed by atoms with Crippen molar-refractivity contribution < 1.29 is 19.2 Å². The van der Waals surface area contributed by atoms with Crippen LogP contribution in [0.1, 0.15) is 46.5 Å². The third-order valence-electron chi connectivity index (χ3n) is 5.35. The molecule has 0 aromatic rings. The van der Waals surface area contributed by atoms with Crippen LogP contribution in [0.4, 0.5) is 4.79 Å². The van der Waals surface area contributed by atoms with Crippen molar-refractivity contribution in [3.63, 3.8) is 0 Å². The smallest absolute Gasteiger partial charge is 0.325 e. The maximum atomic E-state index is 12.6. The highest BCUT2D eigenvalue weighted by atomic mass is 16.2. The fourth-order valence-electron chi connectivity index (χ4n) is 3.46. The summed E-state index contributed by atoms with van der Waals surface area (Å²) in [4.78, 5) is 51.3. The van der Waals surface area contributed by atoms with Crippen LogP contribution >= 0.6 is 0 Å². The number of urea groups is 1. The third-order valence-corrected chi connectivity index (χ3v) is 5.35. The highest BCUT2D eigenvalue weighted by Gasteiger charge is 2.49. The van der Waals surface area contributed by atoms with Crippen LogP contribution in [0.5, 0.6) is 0 Å². The molecule has 0 aliphatic carbocycles. The van der Waals surface area contributed by atoms with Gasteiger partial charge in [0.25, 0.3) is 5.91 Å². The number of piperidine rings is 1. The summed E-state index contributed by atoms with van der Waals surface area (Å²) in [6, 6.07) is -0.580. The second-order valence-electron chi connectivity index (χ2n) is 6.68. The summed E-state index contributed by atoms with van der Waals surface area (Å²) < 4.78 is 0. The monoisotopic (exact) mass is 338 g/mol. The molecule has 24 heavy (non-hydrogen) atoms. The normalized spacial score (nSPS) is 26.5. The van der Waals surface area contributed by atoms with Gasteiger partial charge in [0.2, 0.25) is 11.8 Å². The quantitative estimate of drug-likeness (QED) is 0.698. The van der Waals surface area contributed by atoms with Crippen LogP contribution in [0.25, 0.3) is 0 Å². The summed E-state index contributed by atoms with van der Waals surface area (Å²) in [6.45, 7) is 5.49. The number of carbonyl (C=O) groups excluding carboxylic acids is 4. The van der Waals surface area contributed by atoms with E-state index in [1.54, 1.807) is 4.90 Å². The standard InChI is InChI=1S/C16H26N4O4/c1-4-16(5-2)14(23)20(15(24)18-16)9-12(21)19-8-11(13(17)22)7-6-10(19)3/h10-11H,4-9H2,1-3H3,(H2,17,22)(H,18,24)/t10-,11-/m1/s1. The van der Waals surface area contributed by atoms with Crippen LogP contribution in [-0.2, 0) is 14.4 Å². The highest BCUT2D eigenvalue weighted by Crippen LogP contribution is 2.26. The molecule has 3 N–H and O–H groups in total. The van der Waals surface area contributed by atoms with Gasteiger partial charge in [0, 0.05) is 12.6 Å². The van der Waals surface area contributed by atoms with Gasteiger partial charge >= 0.3 is 6.03 Å². The average Bonchev–Trinajstić information content (AvgIpc) is 2.79. The number of nitrogens with two attached hydrogens (primary N) is 1. The molecular formula is C16H26N4O4. The van der Waals surface area contributed by atoms with Crippen molar-refractivity contribution in [3.05, 3.63) is 0 Å². The molecule has 0 spiro atoms. The van der Waals surface area contributed by atoms with E-state index in [0.29, 0.717) is 25.7 Å². The van der Waals surface area contributed by atoms with Gasteiger partial charge in [-0.2, -0.15) is 0 Å². The molecule has 0 unspecified atom stereocenters.